The van der Waals surface area contributed by atoms with E-state index in [4.69, 9.17) is 9.84 Å². The lowest BCUT2D eigenvalue weighted by molar-refractivity contribution is -0.142. The highest BCUT2D eigenvalue weighted by Gasteiger charge is 2.35. The molecular weight excluding hydrogens is 445 g/mol. The van der Waals surface area contributed by atoms with Crippen LogP contribution in [0.25, 0.3) is 10.9 Å². The van der Waals surface area contributed by atoms with Crippen LogP contribution >= 0.6 is 12.4 Å². The van der Waals surface area contributed by atoms with E-state index >= 15 is 4.39 Å². The van der Waals surface area contributed by atoms with Crippen LogP contribution in [-0.4, -0.2) is 65.5 Å². The molecule has 0 bridgehead atoms. The lowest BCUT2D eigenvalue weighted by Crippen LogP contribution is -2.51. The predicted octanol–water partition coefficient (Wildman–Crippen LogP) is 2.39. The molecule has 9 nitrogen and oxygen atoms in total. The zero-order valence-corrected chi connectivity index (χ0v) is 18.0. The van der Waals surface area contributed by atoms with E-state index in [9.17, 15) is 14.4 Å². The van der Waals surface area contributed by atoms with Gasteiger partial charge in [0.1, 0.15) is 11.9 Å². The highest BCUT2D eigenvalue weighted by Crippen LogP contribution is 2.39. The molecule has 3 heterocycles. The first-order valence-corrected chi connectivity index (χ1v) is 10.4. The Morgan fingerprint density at radius 2 is 1.84 bits per heavy atom. The van der Waals surface area contributed by atoms with Gasteiger partial charge in [-0.15, -0.1) is 12.4 Å². The molecule has 1 aromatic heterocycles. The minimum Gasteiger partial charge on any atom is -0.464 e. The molecule has 5 rings (SSSR count). The lowest BCUT2D eigenvalue weighted by Gasteiger charge is -2.38. The van der Waals surface area contributed by atoms with E-state index < -0.39 is 17.4 Å². The molecule has 1 aromatic carbocycles. The maximum Gasteiger partial charge on any atom is 0.511 e. The number of carboxylic acid groups (broad SMARTS) is 1. The van der Waals surface area contributed by atoms with Gasteiger partial charge in [-0.3, -0.25) is 14.5 Å². The summed E-state index contributed by atoms with van der Waals surface area (Å²) in [6.07, 6.45) is 2.29. The summed E-state index contributed by atoms with van der Waals surface area (Å²) < 4.78 is 26.5. The van der Waals surface area contributed by atoms with Crippen LogP contribution in [0.3, 0.4) is 0 Å². The molecule has 3 fully saturated rings. The molecule has 2 aromatic rings. The number of ether oxygens (including phenoxy) is 2. The van der Waals surface area contributed by atoms with E-state index in [2.05, 4.69) is 9.64 Å². The smallest absolute Gasteiger partial charge is 0.464 e. The molecule has 0 amide bonds. The predicted molar refractivity (Wildman–Crippen MR) is 115 cm³/mol. The summed E-state index contributed by atoms with van der Waals surface area (Å²) in [6.45, 7) is 2.74. The van der Waals surface area contributed by atoms with Crippen LogP contribution in [0.1, 0.15) is 25.3 Å². The topological polar surface area (TPSA) is 101 Å². The number of nitrogens with zero attached hydrogens (tertiary/aromatic N) is 3. The molecule has 1 unspecified atom stereocenters. The third-order valence-corrected chi connectivity index (χ3v) is 6.21. The number of carbonyl (C=O) groups excluding carboxylic acids is 1. The Morgan fingerprint density at radius 1 is 1.12 bits per heavy atom. The van der Waals surface area contributed by atoms with E-state index in [-0.39, 0.29) is 41.6 Å². The Balaban J connectivity index is 0.00000245. The van der Waals surface area contributed by atoms with Crippen LogP contribution in [0.5, 0.6) is 5.75 Å². The van der Waals surface area contributed by atoms with Crippen LogP contribution in [-0.2, 0) is 9.53 Å². The average Bonchev–Trinajstić information content (AvgIpc) is 3.50. The molecule has 11 heteroatoms. The normalized spacial score (nSPS) is 21.3. The number of aromatic nitrogens is 1. The average molecular weight is 468 g/mol. The first-order chi connectivity index (χ1) is 14.9. The fourth-order valence-corrected chi connectivity index (χ4v) is 4.49. The molecule has 2 saturated heterocycles. The number of anilines is 1. The first kappa shape index (κ1) is 22.3. The Hall–Kier alpha value is -2.85. The minimum absolute atomic E-state index is 0. The van der Waals surface area contributed by atoms with E-state index in [1.54, 1.807) is 6.07 Å². The number of cyclic esters (lactones) is 1. The molecule has 1 atom stereocenters. The summed E-state index contributed by atoms with van der Waals surface area (Å²) in [5, 5.41) is 9.01. The molecule has 1 N–H and O–H groups in total. The second-order valence-electron chi connectivity index (χ2n) is 8.14. The monoisotopic (exact) mass is 467 g/mol. The Labute approximate surface area is 188 Å². The molecule has 2 aliphatic heterocycles. The molecule has 0 radical (unpaired) electrons. The van der Waals surface area contributed by atoms with Crippen molar-refractivity contribution in [3.05, 3.63) is 34.4 Å². The minimum atomic E-state index is -1.58. The van der Waals surface area contributed by atoms with Crippen molar-refractivity contribution in [2.45, 2.75) is 31.3 Å². The number of pyridine rings is 1. The summed E-state index contributed by atoms with van der Waals surface area (Å²) in [7, 11) is 0. The van der Waals surface area contributed by atoms with Gasteiger partial charge in [-0.25, -0.2) is 9.18 Å². The van der Waals surface area contributed by atoms with E-state index in [0.29, 0.717) is 50.4 Å². The van der Waals surface area contributed by atoms with Crippen LogP contribution in [0.15, 0.2) is 23.1 Å². The molecule has 32 heavy (non-hydrogen) atoms. The zero-order valence-electron chi connectivity index (χ0n) is 17.2. The van der Waals surface area contributed by atoms with Crippen molar-refractivity contribution in [1.82, 2.24) is 9.47 Å². The van der Waals surface area contributed by atoms with Crippen molar-refractivity contribution in [3.63, 3.8) is 0 Å². The third-order valence-electron chi connectivity index (χ3n) is 6.21. The van der Waals surface area contributed by atoms with E-state index in [1.165, 1.54) is 12.3 Å². The number of fused-ring (bicyclic) bond motifs is 1. The van der Waals surface area contributed by atoms with Crippen molar-refractivity contribution >= 4 is 41.1 Å². The van der Waals surface area contributed by atoms with Gasteiger partial charge >= 0.3 is 12.1 Å². The molecule has 0 spiro atoms. The largest absolute Gasteiger partial charge is 0.511 e. The van der Waals surface area contributed by atoms with Gasteiger partial charge in [-0.1, -0.05) is 0 Å². The molecule has 172 valence electrons. The Morgan fingerprint density at radius 3 is 2.44 bits per heavy atom. The number of piperazine rings is 1. The fourth-order valence-electron chi connectivity index (χ4n) is 4.49. The van der Waals surface area contributed by atoms with E-state index in [1.807, 2.05) is 9.47 Å². The summed E-state index contributed by atoms with van der Waals surface area (Å²) in [6, 6.07) is 2.73. The number of esters is 1. The van der Waals surface area contributed by atoms with Crippen molar-refractivity contribution in [2.75, 3.05) is 37.7 Å². The summed E-state index contributed by atoms with van der Waals surface area (Å²) in [5.74, 6) is -1.07. The van der Waals surface area contributed by atoms with Gasteiger partial charge in [-0.05, 0) is 25.0 Å². The third kappa shape index (κ3) is 4.00. The SMILES string of the molecule is Cl.O=C(O)Oc1cn(C2CC2)c2cc(N3CCN(C4CCOC4=O)CC3)c(F)cc2c1=O. The van der Waals surface area contributed by atoms with Gasteiger partial charge < -0.3 is 24.0 Å². The standard InChI is InChI=1S/C21H22FN3O6.ClH/c22-14-9-13-16(25(12-1-2-12)11-18(19(13)26)31-21(28)29)10-17(14)24-6-4-23(5-7-24)15-3-8-30-20(15)27;/h9-12,15H,1-8H2,(H,28,29);1H. The highest BCUT2D eigenvalue weighted by molar-refractivity contribution is 5.86. The number of hydrogen-bond donors (Lipinski definition) is 1. The summed E-state index contributed by atoms with van der Waals surface area (Å²) in [4.78, 5) is 39.5. The molecule has 3 aliphatic rings. The van der Waals surface area contributed by atoms with Crippen molar-refractivity contribution < 1.29 is 28.6 Å². The number of carbonyl (C=O) groups is 2. The van der Waals surface area contributed by atoms with Gasteiger partial charge in [0.2, 0.25) is 5.43 Å². The quantitative estimate of drug-likeness (QED) is 0.684. The first-order valence-electron chi connectivity index (χ1n) is 10.4. The second-order valence-corrected chi connectivity index (χ2v) is 8.14. The zero-order chi connectivity index (χ0) is 21.7. The number of rotatable bonds is 4. The molecular formula is C21H23ClFN3O6. The Bertz CT molecular complexity index is 1130. The number of hydrogen-bond acceptors (Lipinski definition) is 7. The van der Waals surface area contributed by atoms with Gasteiger partial charge in [0.05, 0.1) is 29.4 Å². The van der Waals surface area contributed by atoms with Gasteiger partial charge in [0.25, 0.3) is 0 Å². The van der Waals surface area contributed by atoms with Crippen LogP contribution in [0, 0.1) is 5.82 Å². The van der Waals surface area contributed by atoms with Crippen LogP contribution in [0.4, 0.5) is 14.9 Å². The summed E-state index contributed by atoms with van der Waals surface area (Å²) in [5.41, 5.74) is 0.301. The maximum atomic E-state index is 15.1. The van der Waals surface area contributed by atoms with E-state index in [0.717, 1.165) is 12.8 Å². The maximum absolute atomic E-state index is 15.1. The van der Waals surface area contributed by atoms with Crippen molar-refractivity contribution in [3.8, 4) is 5.75 Å². The van der Waals surface area contributed by atoms with Gasteiger partial charge in [-0.2, -0.15) is 0 Å². The fraction of sp³-hybridized carbons (Fsp3) is 0.476. The molecule has 1 saturated carbocycles. The van der Waals surface area contributed by atoms with Crippen LogP contribution < -0.4 is 15.1 Å². The molecule has 1 aliphatic carbocycles. The van der Waals surface area contributed by atoms with Crippen LogP contribution in [0.2, 0.25) is 0 Å². The Kier molecular flexibility index (Phi) is 6.00. The van der Waals surface area contributed by atoms with Crippen molar-refractivity contribution in [2.24, 2.45) is 0 Å². The second kappa shape index (κ2) is 8.59. The number of benzene rings is 1. The van der Waals surface area contributed by atoms with Gasteiger partial charge in [0, 0.05) is 38.6 Å². The van der Waals surface area contributed by atoms with Gasteiger partial charge in [0.15, 0.2) is 5.75 Å². The highest BCUT2D eigenvalue weighted by atomic mass is 35.5. The summed E-state index contributed by atoms with van der Waals surface area (Å²) >= 11 is 0. The van der Waals surface area contributed by atoms with Crippen molar-refractivity contribution in [1.29, 1.82) is 0 Å². The number of halogens is 2. The lowest BCUT2D eigenvalue weighted by atomic mass is 10.1.